The highest BCUT2D eigenvalue weighted by Crippen LogP contribution is 2.26. The van der Waals surface area contributed by atoms with Gasteiger partial charge < -0.3 is 9.73 Å². The first kappa shape index (κ1) is 22.8. The molecular weight excluding hydrogens is 386 g/mol. The number of aryl methyl sites for hydroxylation is 2. The molecule has 1 amide bonds. The Hall–Kier alpha value is -2.92. The number of carbonyl (C=O) groups is 1. The van der Waals surface area contributed by atoms with Gasteiger partial charge in [-0.15, -0.1) is 0 Å². The molecule has 0 saturated carbocycles. The number of aromatic nitrogens is 1. The summed E-state index contributed by atoms with van der Waals surface area (Å²) in [5, 5.41) is 2.89. The number of amides is 1. The third kappa shape index (κ3) is 6.28. The van der Waals surface area contributed by atoms with Gasteiger partial charge >= 0.3 is 0 Å². The average Bonchev–Trinajstić information content (AvgIpc) is 3.23. The van der Waals surface area contributed by atoms with Gasteiger partial charge in [-0.1, -0.05) is 67.9 Å². The van der Waals surface area contributed by atoms with Gasteiger partial charge in [0, 0.05) is 19.1 Å². The van der Waals surface area contributed by atoms with Crippen molar-refractivity contribution in [1.82, 2.24) is 15.2 Å². The van der Waals surface area contributed by atoms with Crippen LogP contribution in [0.5, 0.6) is 0 Å². The Morgan fingerprint density at radius 3 is 2.52 bits per heavy atom. The first-order valence-electron chi connectivity index (χ1n) is 10.9. The Kier molecular flexibility index (Phi) is 7.64. The second kappa shape index (κ2) is 10.4. The Morgan fingerprint density at radius 1 is 1.06 bits per heavy atom. The van der Waals surface area contributed by atoms with Crippen molar-refractivity contribution in [3.63, 3.8) is 0 Å². The minimum absolute atomic E-state index is 0.159. The molecular formula is C26H33N3O2. The van der Waals surface area contributed by atoms with Crippen molar-refractivity contribution in [3.05, 3.63) is 88.6 Å². The first-order valence-corrected chi connectivity index (χ1v) is 10.9. The van der Waals surface area contributed by atoms with Crippen molar-refractivity contribution >= 4 is 5.91 Å². The third-order valence-corrected chi connectivity index (χ3v) is 5.50. The van der Waals surface area contributed by atoms with Crippen LogP contribution in [0.3, 0.4) is 0 Å². The van der Waals surface area contributed by atoms with Gasteiger partial charge in [0.05, 0.1) is 6.54 Å². The van der Waals surface area contributed by atoms with Gasteiger partial charge in [0.1, 0.15) is 6.26 Å². The van der Waals surface area contributed by atoms with Crippen molar-refractivity contribution < 1.29 is 9.21 Å². The molecule has 0 bridgehead atoms. The van der Waals surface area contributed by atoms with Crippen LogP contribution in [-0.2, 0) is 13.1 Å². The first-order chi connectivity index (χ1) is 14.8. The minimum atomic E-state index is -0.194. The van der Waals surface area contributed by atoms with Crippen LogP contribution in [-0.4, -0.2) is 22.3 Å². The van der Waals surface area contributed by atoms with E-state index in [1.54, 1.807) is 0 Å². The molecule has 5 nitrogen and oxygen atoms in total. The zero-order valence-corrected chi connectivity index (χ0v) is 19.2. The summed E-state index contributed by atoms with van der Waals surface area (Å²) in [6.07, 6.45) is 1.45. The molecule has 3 rings (SSSR count). The number of nitrogens with zero attached hydrogens (tertiary/aromatic N) is 2. The van der Waals surface area contributed by atoms with Crippen LogP contribution in [0.4, 0.5) is 0 Å². The van der Waals surface area contributed by atoms with E-state index in [4.69, 9.17) is 4.42 Å². The summed E-state index contributed by atoms with van der Waals surface area (Å²) in [6.45, 7) is 12.5. The zero-order valence-electron chi connectivity index (χ0n) is 19.2. The molecule has 0 aliphatic heterocycles. The molecule has 31 heavy (non-hydrogen) atoms. The zero-order chi connectivity index (χ0) is 22.4. The molecule has 1 aromatic heterocycles. The molecule has 2 aromatic carbocycles. The fourth-order valence-corrected chi connectivity index (χ4v) is 3.51. The summed E-state index contributed by atoms with van der Waals surface area (Å²) in [5.41, 5.74) is 5.35. The maximum Gasteiger partial charge on any atom is 0.273 e. The van der Waals surface area contributed by atoms with Gasteiger partial charge in [-0.25, -0.2) is 4.98 Å². The summed E-state index contributed by atoms with van der Waals surface area (Å²) in [4.78, 5) is 19.1. The van der Waals surface area contributed by atoms with E-state index in [-0.39, 0.29) is 11.9 Å². The summed E-state index contributed by atoms with van der Waals surface area (Å²) in [7, 11) is 0. The third-order valence-electron chi connectivity index (χ3n) is 5.50. The van der Waals surface area contributed by atoms with Crippen molar-refractivity contribution in [1.29, 1.82) is 0 Å². The number of benzene rings is 2. The minimum Gasteiger partial charge on any atom is -0.447 e. The smallest absolute Gasteiger partial charge is 0.273 e. The maximum atomic E-state index is 12.3. The largest absolute Gasteiger partial charge is 0.447 e. The lowest BCUT2D eigenvalue weighted by molar-refractivity contribution is 0.0944. The standard InChI is InChI=1S/C26H33N3O2/c1-18(2)14-27-26(30)24-17-31-25(28-24)16-29(21(5)22-9-7-6-8-10-22)15-23-13-19(3)11-12-20(23)4/h6-13,17-18,21H,14-16H2,1-5H3,(H,27,30)/t21-/m1/s1. The van der Waals surface area contributed by atoms with Crippen LogP contribution < -0.4 is 5.32 Å². The van der Waals surface area contributed by atoms with Crippen molar-refractivity contribution in [2.45, 2.75) is 53.8 Å². The lowest BCUT2D eigenvalue weighted by atomic mass is 10.0. The van der Waals surface area contributed by atoms with Gasteiger partial charge in [0.25, 0.3) is 5.91 Å². The van der Waals surface area contributed by atoms with Gasteiger partial charge in [-0.05, 0) is 43.4 Å². The summed E-state index contributed by atoms with van der Waals surface area (Å²) in [5.74, 6) is 0.735. The Bertz CT molecular complexity index is 995. The highest BCUT2D eigenvalue weighted by atomic mass is 16.3. The van der Waals surface area contributed by atoms with Gasteiger partial charge in [-0.3, -0.25) is 9.69 Å². The van der Waals surface area contributed by atoms with Crippen LogP contribution in [0, 0.1) is 19.8 Å². The number of hydrogen-bond acceptors (Lipinski definition) is 4. The lowest BCUT2D eigenvalue weighted by Crippen LogP contribution is -2.28. The van der Waals surface area contributed by atoms with Crippen LogP contribution in [0.1, 0.15) is 65.4 Å². The molecule has 0 unspecified atom stereocenters. The molecule has 1 N–H and O–H groups in total. The van der Waals surface area contributed by atoms with Crippen LogP contribution in [0.15, 0.2) is 59.2 Å². The van der Waals surface area contributed by atoms with E-state index in [0.717, 1.165) is 6.54 Å². The van der Waals surface area contributed by atoms with Crippen LogP contribution in [0.2, 0.25) is 0 Å². The van der Waals surface area contributed by atoms with Crippen LogP contribution in [0.25, 0.3) is 0 Å². The molecule has 1 heterocycles. The maximum absolute atomic E-state index is 12.3. The Morgan fingerprint density at radius 2 is 1.81 bits per heavy atom. The van der Waals surface area contributed by atoms with E-state index in [0.29, 0.717) is 30.6 Å². The molecule has 0 fully saturated rings. The number of oxazole rings is 1. The topological polar surface area (TPSA) is 58.4 Å². The number of carbonyl (C=O) groups excluding carboxylic acids is 1. The summed E-state index contributed by atoms with van der Waals surface area (Å²) >= 11 is 0. The predicted octanol–water partition coefficient (Wildman–Crippen LogP) is 5.44. The van der Waals surface area contributed by atoms with Crippen LogP contribution >= 0.6 is 0 Å². The lowest BCUT2D eigenvalue weighted by Gasteiger charge is -2.29. The molecule has 1 atom stereocenters. The summed E-state index contributed by atoms with van der Waals surface area (Å²) < 4.78 is 5.69. The van der Waals surface area contributed by atoms with Crippen molar-refractivity contribution in [2.75, 3.05) is 6.54 Å². The van der Waals surface area contributed by atoms with E-state index < -0.39 is 0 Å². The molecule has 0 spiro atoms. The van der Waals surface area contributed by atoms with E-state index >= 15 is 0 Å². The van der Waals surface area contributed by atoms with E-state index in [1.807, 2.05) is 6.07 Å². The SMILES string of the molecule is Cc1ccc(C)c(CN(Cc2nc(C(=O)NCC(C)C)co2)[C@H](C)c2ccccc2)c1. The highest BCUT2D eigenvalue weighted by Gasteiger charge is 2.21. The second-order valence-electron chi connectivity index (χ2n) is 8.65. The number of hydrogen-bond donors (Lipinski definition) is 1. The molecule has 0 radical (unpaired) electrons. The Labute approximate surface area is 185 Å². The van der Waals surface area contributed by atoms with Crippen molar-refractivity contribution in [3.8, 4) is 0 Å². The number of rotatable bonds is 9. The van der Waals surface area contributed by atoms with E-state index in [1.165, 1.54) is 28.5 Å². The van der Waals surface area contributed by atoms with Gasteiger partial charge in [-0.2, -0.15) is 0 Å². The van der Waals surface area contributed by atoms with Gasteiger partial charge in [0.15, 0.2) is 5.69 Å². The molecule has 5 heteroatoms. The normalized spacial score (nSPS) is 12.4. The fourth-order valence-electron chi connectivity index (χ4n) is 3.51. The quantitative estimate of drug-likeness (QED) is 0.502. The highest BCUT2D eigenvalue weighted by molar-refractivity contribution is 5.91. The number of nitrogens with one attached hydrogen (secondary N) is 1. The molecule has 0 saturated heterocycles. The monoisotopic (exact) mass is 419 g/mol. The van der Waals surface area contributed by atoms with E-state index in [9.17, 15) is 4.79 Å². The van der Waals surface area contributed by atoms with Gasteiger partial charge in [0.2, 0.25) is 5.89 Å². The molecule has 0 aliphatic rings. The second-order valence-corrected chi connectivity index (χ2v) is 8.65. The predicted molar refractivity (Wildman–Crippen MR) is 124 cm³/mol. The fraction of sp³-hybridized carbons (Fsp3) is 0.385. The van der Waals surface area contributed by atoms with E-state index in [2.05, 4.69) is 92.3 Å². The molecule has 3 aromatic rings. The summed E-state index contributed by atoms with van der Waals surface area (Å²) in [6, 6.07) is 17.1. The van der Waals surface area contributed by atoms with Crippen molar-refractivity contribution in [2.24, 2.45) is 5.92 Å². The molecule has 164 valence electrons. The Balaban J connectivity index is 1.81. The molecule has 0 aliphatic carbocycles. The average molecular weight is 420 g/mol.